The molecule has 190 valence electrons. The lowest BCUT2D eigenvalue weighted by Crippen LogP contribution is -1.97. The summed E-state index contributed by atoms with van der Waals surface area (Å²) in [6.45, 7) is 8.16. The van der Waals surface area contributed by atoms with E-state index in [9.17, 15) is 9.59 Å². The van der Waals surface area contributed by atoms with E-state index >= 15 is 0 Å². The molecular formula is C32H38O4. The topological polar surface area (TPSA) is 74.6 Å². The summed E-state index contributed by atoms with van der Waals surface area (Å²) in [5.74, 6) is -1.06. The maximum atomic E-state index is 10.3. The molecule has 4 nitrogen and oxygen atoms in total. The number of hydrogen-bond acceptors (Lipinski definition) is 2. The van der Waals surface area contributed by atoms with Crippen molar-refractivity contribution in [1.29, 1.82) is 0 Å². The molecule has 0 spiro atoms. The number of carboxylic acid groups (broad SMARTS) is 2. The molecule has 0 radical (unpaired) electrons. The first-order valence-corrected chi connectivity index (χ1v) is 12.5. The molecular weight excluding hydrogens is 448 g/mol. The minimum atomic E-state index is -0.875. The second-order valence-electron chi connectivity index (χ2n) is 9.60. The van der Waals surface area contributed by atoms with Crippen LogP contribution in [0.2, 0.25) is 0 Å². The van der Waals surface area contributed by atoms with Gasteiger partial charge in [0.05, 0.1) is 5.56 Å². The summed E-state index contributed by atoms with van der Waals surface area (Å²) in [5.41, 5.74) is 8.77. The van der Waals surface area contributed by atoms with Crippen molar-refractivity contribution in [1.82, 2.24) is 0 Å². The number of hydrogen-bond donors (Lipinski definition) is 2. The molecule has 0 aliphatic heterocycles. The molecule has 0 unspecified atom stereocenters. The molecule has 1 aliphatic rings. The summed E-state index contributed by atoms with van der Waals surface area (Å²) in [6.07, 6.45) is 6.94. The largest absolute Gasteiger partial charge is 0.481 e. The number of benzene rings is 3. The van der Waals surface area contributed by atoms with Crippen LogP contribution in [0, 0.1) is 19.8 Å². The third kappa shape index (κ3) is 10.3. The van der Waals surface area contributed by atoms with Gasteiger partial charge in [-0.05, 0) is 79.8 Å². The molecule has 4 rings (SSSR count). The number of carboxylic acids is 2. The van der Waals surface area contributed by atoms with Crippen LogP contribution in [0.15, 0.2) is 78.4 Å². The Bertz CT molecular complexity index is 1160. The van der Waals surface area contributed by atoms with E-state index < -0.39 is 11.9 Å². The molecule has 3 aromatic carbocycles. The molecule has 0 saturated carbocycles. The van der Waals surface area contributed by atoms with Gasteiger partial charge in [0.1, 0.15) is 0 Å². The lowest BCUT2D eigenvalue weighted by atomic mass is 10.00. The van der Waals surface area contributed by atoms with Gasteiger partial charge in [0.25, 0.3) is 0 Å². The minimum Gasteiger partial charge on any atom is -0.481 e. The predicted molar refractivity (Wildman–Crippen MR) is 147 cm³/mol. The summed E-state index contributed by atoms with van der Waals surface area (Å²) in [5, 5.41) is 16.6. The molecule has 0 aromatic heterocycles. The Morgan fingerprint density at radius 3 is 2.03 bits per heavy atom. The molecule has 0 bridgehead atoms. The van der Waals surface area contributed by atoms with Crippen LogP contribution in [0.5, 0.6) is 0 Å². The number of allylic oxidation sites excluding steroid dienone is 1. The van der Waals surface area contributed by atoms with Crippen LogP contribution < -0.4 is 0 Å². The van der Waals surface area contributed by atoms with E-state index in [1.807, 2.05) is 20.8 Å². The second-order valence-corrected chi connectivity index (χ2v) is 9.60. The Labute approximate surface area is 215 Å². The smallest absolute Gasteiger partial charge is 0.335 e. The Morgan fingerprint density at radius 2 is 1.47 bits per heavy atom. The maximum absolute atomic E-state index is 10.3. The Kier molecular flexibility index (Phi) is 11.6. The highest BCUT2D eigenvalue weighted by Crippen LogP contribution is 2.27. The van der Waals surface area contributed by atoms with E-state index in [0.717, 1.165) is 24.8 Å². The molecule has 0 amide bonds. The van der Waals surface area contributed by atoms with Crippen molar-refractivity contribution in [2.75, 3.05) is 0 Å². The highest BCUT2D eigenvalue weighted by atomic mass is 16.4. The fourth-order valence-corrected chi connectivity index (χ4v) is 3.81. The van der Waals surface area contributed by atoms with Gasteiger partial charge >= 0.3 is 11.9 Å². The van der Waals surface area contributed by atoms with E-state index in [1.54, 1.807) is 29.8 Å². The van der Waals surface area contributed by atoms with E-state index in [2.05, 4.69) is 61.5 Å². The normalized spacial score (nSPS) is 11.4. The molecule has 0 atom stereocenters. The molecule has 2 N–H and O–H groups in total. The van der Waals surface area contributed by atoms with Crippen molar-refractivity contribution < 1.29 is 19.8 Å². The molecule has 1 aliphatic carbocycles. The first-order chi connectivity index (χ1) is 17.2. The number of aliphatic carboxylic acids is 1. The van der Waals surface area contributed by atoms with Gasteiger partial charge < -0.3 is 10.2 Å². The summed E-state index contributed by atoms with van der Waals surface area (Å²) in [4.78, 5) is 20.2. The third-order valence-electron chi connectivity index (χ3n) is 6.04. The highest BCUT2D eigenvalue weighted by Gasteiger charge is 2.11. The molecule has 3 aromatic rings. The van der Waals surface area contributed by atoms with Crippen molar-refractivity contribution >= 4 is 18.0 Å². The third-order valence-corrected chi connectivity index (χ3v) is 6.04. The predicted octanol–water partition coefficient (Wildman–Crippen LogP) is 7.77. The summed E-state index contributed by atoms with van der Waals surface area (Å²) in [6, 6.07) is 24.2. The van der Waals surface area contributed by atoms with Gasteiger partial charge in [-0.2, -0.15) is 0 Å². The van der Waals surface area contributed by atoms with Gasteiger partial charge in [-0.15, -0.1) is 0 Å². The number of carbonyl (C=O) groups is 2. The van der Waals surface area contributed by atoms with Gasteiger partial charge in [0.15, 0.2) is 0 Å². The van der Waals surface area contributed by atoms with E-state index in [0.29, 0.717) is 17.9 Å². The average molecular weight is 487 g/mol. The zero-order chi connectivity index (χ0) is 26.5. The van der Waals surface area contributed by atoms with E-state index in [1.165, 1.54) is 28.7 Å². The van der Waals surface area contributed by atoms with E-state index in [-0.39, 0.29) is 0 Å². The average Bonchev–Trinajstić information content (AvgIpc) is 3.26. The standard InChI is InChI=1S/C18H18.C8H8O2.C6H12O2/c1-14-6-2-3-7-16(14)11-10-15-12-17-8-4-5-9-18(17)13-15;1-6-2-4-7(5-3-6)8(9)10;1-5(2)3-4-6(7)8/h2-9,12H,10-11,13H2,1H3;2-5H,1H3,(H,9,10);5H,3-4H2,1-2H3,(H,7,8). The molecule has 0 heterocycles. The van der Waals surface area contributed by atoms with Gasteiger partial charge in [0, 0.05) is 6.42 Å². The summed E-state index contributed by atoms with van der Waals surface area (Å²) < 4.78 is 0. The Morgan fingerprint density at radius 1 is 0.833 bits per heavy atom. The van der Waals surface area contributed by atoms with Crippen LogP contribution in [-0.2, 0) is 17.6 Å². The lowest BCUT2D eigenvalue weighted by Gasteiger charge is -2.06. The monoisotopic (exact) mass is 486 g/mol. The Balaban J connectivity index is 0.000000215. The zero-order valence-corrected chi connectivity index (χ0v) is 21.8. The van der Waals surface area contributed by atoms with Crippen molar-refractivity contribution in [3.63, 3.8) is 0 Å². The van der Waals surface area contributed by atoms with Crippen molar-refractivity contribution in [2.45, 2.75) is 59.8 Å². The lowest BCUT2D eigenvalue weighted by molar-refractivity contribution is -0.137. The SMILES string of the molecule is CC(C)CCC(=O)O.Cc1ccc(C(=O)O)cc1.Cc1ccccc1CCC1=Cc2ccccc2C1. The van der Waals surface area contributed by atoms with Gasteiger partial charge in [-0.1, -0.05) is 91.7 Å². The number of rotatable bonds is 7. The minimum absolute atomic E-state index is 0.303. The summed E-state index contributed by atoms with van der Waals surface area (Å²) >= 11 is 0. The highest BCUT2D eigenvalue weighted by molar-refractivity contribution is 5.87. The number of aromatic carboxylic acids is 1. The van der Waals surface area contributed by atoms with Crippen LogP contribution in [0.1, 0.15) is 71.3 Å². The van der Waals surface area contributed by atoms with Gasteiger partial charge in [-0.25, -0.2) is 4.79 Å². The Hall–Kier alpha value is -3.66. The van der Waals surface area contributed by atoms with Crippen molar-refractivity contribution in [3.8, 4) is 0 Å². The van der Waals surface area contributed by atoms with Gasteiger partial charge in [0.2, 0.25) is 0 Å². The first-order valence-electron chi connectivity index (χ1n) is 12.5. The molecule has 0 saturated heterocycles. The zero-order valence-electron chi connectivity index (χ0n) is 21.8. The fraction of sp³-hybridized carbons (Fsp3) is 0.312. The van der Waals surface area contributed by atoms with Crippen LogP contribution in [0.25, 0.3) is 6.08 Å². The van der Waals surface area contributed by atoms with Crippen molar-refractivity contribution in [3.05, 3.63) is 112 Å². The van der Waals surface area contributed by atoms with Crippen LogP contribution in [0.4, 0.5) is 0 Å². The molecule has 0 fully saturated rings. The summed E-state index contributed by atoms with van der Waals surface area (Å²) in [7, 11) is 0. The second kappa shape index (κ2) is 14.7. The van der Waals surface area contributed by atoms with E-state index in [4.69, 9.17) is 10.2 Å². The molecule has 4 heteroatoms. The molecule has 36 heavy (non-hydrogen) atoms. The fourth-order valence-electron chi connectivity index (χ4n) is 3.81. The van der Waals surface area contributed by atoms with Crippen LogP contribution in [0.3, 0.4) is 0 Å². The number of aryl methyl sites for hydroxylation is 3. The van der Waals surface area contributed by atoms with Crippen molar-refractivity contribution in [2.24, 2.45) is 5.92 Å². The quantitative estimate of drug-likeness (QED) is 0.358. The van der Waals surface area contributed by atoms with Crippen LogP contribution in [-0.4, -0.2) is 22.2 Å². The maximum Gasteiger partial charge on any atom is 0.335 e. The number of fused-ring (bicyclic) bond motifs is 1. The van der Waals surface area contributed by atoms with Crippen LogP contribution >= 0.6 is 0 Å². The van der Waals surface area contributed by atoms with Gasteiger partial charge in [-0.3, -0.25) is 4.79 Å². The first kappa shape index (κ1) is 28.6.